The summed E-state index contributed by atoms with van der Waals surface area (Å²) in [6, 6.07) is 13.7. The SMILES string of the molecule is Clc1ccc(N=c2scc(-c3cccs3)n2N=Cc2ccsc2)cc1. The molecule has 0 spiro atoms. The van der Waals surface area contributed by atoms with Crippen molar-refractivity contribution in [2.75, 3.05) is 0 Å². The fourth-order valence-corrected chi connectivity index (χ4v) is 4.57. The Morgan fingerprint density at radius 3 is 2.56 bits per heavy atom. The Kier molecular flexibility index (Phi) is 4.94. The highest BCUT2D eigenvalue weighted by Crippen LogP contribution is 2.25. The van der Waals surface area contributed by atoms with Crippen molar-refractivity contribution in [1.82, 2.24) is 4.68 Å². The van der Waals surface area contributed by atoms with Gasteiger partial charge >= 0.3 is 0 Å². The van der Waals surface area contributed by atoms with E-state index in [1.165, 1.54) is 0 Å². The van der Waals surface area contributed by atoms with E-state index in [1.54, 1.807) is 34.0 Å². The molecule has 25 heavy (non-hydrogen) atoms. The van der Waals surface area contributed by atoms with Crippen LogP contribution in [0, 0.1) is 0 Å². The van der Waals surface area contributed by atoms with E-state index < -0.39 is 0 Å². The first-order valence-corrected chi connectivity index (χ1v) is 10.5. The van der Waals surface area contributed by atoms with Crippen molar-refractivity contribution in [2.45, 2.75) is 0 Å². The van der Waals surface area contributed by atoms with Crippen LogP contribution in [0.1, 0.15) is 5.56 Å². The number of halogens is 1. The lowest BCUT2D eigenvalue weighted by atomic mass is 10.3. The Balaban J connectivity index is 1.82. The van der Waals surface area contributed by atoms with Gasteiger partial charge in [0.1, 0.15) is 0 Å². The van der Waals surface area contributed by atoms with Crippen molar-refractivity contribution in [3.05, 3.63) is 79.4 Å². The van der Waals surface area contributed by atoms with Gasteiger partial charge in [-0.2, -0.15) is 16.4 Å². The highest BCUT2D eigenvalue weighted by Gasteiger charge is 2.08. The van der Waals surface area contributed by atoms with Crippen LogP contribution in [0.2, 0.25) is 5.02 Å². The molecular formula is C18H12ClN3S3. The second-order valence-corrected chi connectivity index (χ2v) is 8.08. The van der Waals surface area contributed by atoms with E-state index in [2.05, 4.69) is 27.3 Å². The van der Waals surface area contributed by atoms with E-state index in [-0.39, 0.29) is 0 Å². The van der Waals surface area contributed by atoms with Crippen LogP contribution in [0.25, 0.3) is 10.6 Å². The molecule has 0 aliphatic heterocycles. The Bertz CT molecular complexity index is 1040. The first-order chi connectivity index (χ1) is 12.3. The zero-order chi connectivity index (χ0) is 17.1. The molecule has 3 nitrogen and oxygen atoms in total. The molecular weight excluding hydrogens is 390 g/mol. The molecule has 7 heteroatoms. The molecule has 0 amide bonds. The second kappa shape index (κ2) is 7.49. The normalized spacial score (nSPS) is 12.3. The van der Waals surface area contributed by atoms with Gasteiger partial charge in [0, 0.05) is 16.0 Å². The predicted octanol–water partition coefficient (Wildman–Crippen LogP) is 6.11. The van der Waals surface area contributed by atoms with E-state index in [0.29, 0.717) is 5.02 Å². The Hall–Kier alpha value is -1.99. The van der Waals surface area contributed by atoms with Gasteiger partial charge in [0.15, 0.2) is 0 Å². The van der Waals surface area contributed by atoms with Crippen LogP contribution in [0.15, 0.2) is 74.1 Å². The molecule has 124 valence electrons. The Morgan fingerprint density at radius 1 is 0.960 bits per heavy atom. The summed E-state index contributed by atoms with van der Waals surface area (Å²) < 4.78 is 1.89. The van der Waals surface area contributed by atoms with Gasteiger partial charge in [-0.3, -0.25) is 0 Å². The maximum absolute atomic E-state index is 5.96. The highest BCUT2D eigenvalue weighted by molar-refractivity contribution is 7.14. The lowest BCUT2D eigenvalue weighted by molar-refractivity contribution is 0.856. The van der Waals surface area contributed by atoms with Crippen LogP contribution >= 0.6 is 45.6 Å². The van der Waals surface area contributed by atoms with Crippen molar-refractivity contribution in [1.29, 1.82) is 0 Å². The monoisotopic (exact) mass is 401 g/mol. The number of hydrogen-bond donors (Lipinski definition) is 0. The Morgan fingerprint density at radius 2 is 1.84 bits per heavy atom. The molecule has 0 aliphatic carbocycles. The third kappa shape index (κ3) is 3.82. The zero-order valence-corrected chi connectivity index (χ0v) is 16.1. The number of hydrogen-bond acceptors (Lipinski definition) is 5. The zero-order valence-electron chi connectivity index (χ0n) is 12.9. The highest BCUT2D eigenvalue weighted by atomic mass is 35.5. The number of nitrogens with zero attached hydrogens (tertiary/aromatic N) is 3. The third-order valence-electron chi connectivity index (χ3n) is 3.38. The summed E-state index contributed by atoms with van der Waals surface area (Å²) >= 11 is 10.9. The average molecular weight is 402 g/mol. The number of benzene rings is 1. The van der Waals surface area contributed by atoms with Crippen molar-refractivity contribution >= 4 is 57.5 Å². The van der Waals surface area contributed by atoms with Gasteiger partial charge in [-0.1, -0.05) is 17.7 Å². The largest absolute Gasteiger partial charge is 0.220 e. The first kappa shape index (κ1) is 16.5. The molecule has 0 N–H and O–H groups in total. The van der Waals surface area contributed by atoms with Gasteiger partial charge in [-0.25, -0.2) is 9.67 Å². The van der Waals surface area contributed by atoms with Gasteiger partial charge in [-0.05, 0) is 52.5 Å². The van der Waals surface area contributed by atoms with E-state index in [1.807, 2.05) is 52.7 Å². The molecule has 0 unspecified atom stereocenters. The van der Waals surface area contributed by atoms with Crippen LogP contribution in [-0.2, 0) is 0 Å². The van der Waals surface area contributed by atoms with E-state index in [4.69, 9.17) is 16.6 Å². The molecule has 0 aliphatic rings. The molecule has 3 heterocycles. The van der Waals surface area contributed by atoms with E-state index in [9.17, 15) is 0 Å². The molecule has 0 fully saturated rings. The van der Waals surface area contributed by atoms with Gasteiger partial charge in [0.05, 0.1) is 22.5 Å². The maximum Gasteiger partial charge on any atom is 0.211 e. The fraction of sp³-hybridized carbons (Fsp3) is 0. The van der Waals surface area contributed by atoms with Crippen molar-refractivity contribution in [2.24, 2.45) is 10.1 Å². The van der Waals surface area contributed by atoms with E-state index in [0.717, 1.165) is 26.6 Å². The van der Waals surface area contributed by atoms with Gasteiger partial charge in [-0.15, -0.1) is 22.7 Å². The maximum atomic E-state index is 5.96. The van der Waals surface area contributed by atoms with Gasteiger partial charge in [0.25, 0.3) is 0 Å². The molecule has 0 bridgehead atoms. The molecule has 1 aromatic carbocycles. The lowest BCUT2D eigenvalue weighted by Crippen LogP contribution is -2.11. The number of rotatable bonds is 4. The van der Waals surface area contributed by atoms with Crippen LogP contribution < -0.4 is 4.80 Å². The minimum atomic E-state index is 0.702. The summed E-state index contributed by atoms with van der Waals surface area (Å²) in [7, 11) is 0. The second-order valence-electron chi connectivity index (χ2n) is 5.08. The van der Waals surface area contributed by atoms with Gasteiger partial charge in [0.2, 0.25) is 4.80 Å². The molecule has 4 aromatic rings. The van der Waals surface area contributed by atoms with Crippen LogP contribution in [0.3, 0.4) is 0 Å². The fourth-order valence-electron chi connectivity index (χ4n) is 2.18. The molecule has 0 atom stereocenters. The standard InChI is InChI=1S/C18H12ClN3S3/c19-14-3-5-15(6-4-14)21-18-22(20-10-13-7-9-23-11-13)16(12-25-18)17-2-1-8-24-17/h1-12H. The quantitative estimate of drug-likeness (QED) is 0.369. The molecule has 4 rings (SSSR count). The topological polar surface area (TPSA) is 29.6 Å². The van der Waals surface area contributed by atoms with Crippen molar-refractivity contribution < 1.29 is 0 Å². The molecule has 0 radical (unpaired) electrons. The molecule has 0 saturated heterocycles. The van der Waals surface area contributed by atoms with Crippen LogP contribution in [0.4, 0.5) is 5.69 Å². The lowest BCUT2D eigenvalue weighted by Gasteiger charge is -2.00. The molecule has 3 aromatic heterocycles. The summed E-state index contributed by atoms with van der Waals surface area (Å²) in [5, 5.41) is 13.6. The predicted molar refractivity (Wildman–Crippen MR) is 110 cm³/mol. The third-order valence-corrected chi connectivity index (χ3v) is 6.04. The van der Waals surface area contributed by atoms with Crippen molar-refractivity contribution in [3.63, 3.8) is 0 Å². The smallest absolute Gasteiger partial charge is 0.211 e. The summed E-state index contributed by atoms with van der Waals surface area (Å²) in [5.74, 6) is 0. The average Bonchev–Trinajstić information content (AvgIpc) is 3.37. The van der Waals surface area contributed by atoms with Crippen molar-refractivity contribution in [3.8, 4) is 10.6 Å². The number of thiophene rings is 2. The molecule has 0 saturated carbocycles. The summed E-state index contributed by atoms with van der Waals surface area (Å²) in [6.45, 7) is 0. The first-order valence-electron chi connectivity index (χ1n) is 7.41. The Labute approximate surface area is 161 Å². The minimum Gasteiger partial charge on any atom is -0.220 e. The minimum absolute atomic E-state index is 0.702. The number of thiazole rings is 1. The summed E-state index contributed by atoms with van der Waals surface area (Å²) in [4.78, 5) is 6.71. The number of aromatic nitrogens is 1. The van der Waals surface area contributed by atoms with Crippen LogP contribution in [-0.4, -0.2) is 10.9 Å². The van der Waals surface area contributed by atoms with Crippen LogP contribution in [0.5, 0.6) is 0 Å². The van der Waals surface area contributed by atoms with Gasteiger partial charge < -0.3 is 0 Å². The summed E-state index contributed by atoms with van der Waals surface area (Å²) in [6.07, 6.45) is 1.86. The van der Waals surface area contributed by atoms with E-state index >= 15 is 0 Å². The summed E-state index contributed by atoms with van der Waals surface area (Å²) in [5.41, 5.74) is 2.97.